The zero-order valence-corrected chi connectivity index (χ0v) is 12.0. The normalized spacial score (nSPS) is 15.5. The molecule has 1 heterocycles. The number of carbonyl (C=O) groups excluding carboxylic acids is 2. The maximum atomic E-state index is 12.0. The summed E-state index contributed by atoms with van der Waals surface area (Å²) >= 11 is 0. The smallest absolute Gasteiger partial charge is 0.410 e. The molecule has 0 aliphatic carbocycles. The third-order valence-corrected chi connectivity index (χ3v) is 3.49. The van der Waals surface area contributed by atoms with Crippen molar-refractivity contribution in [1.82, 2.24) is 9.80 Å². The van der Waals surface area contributed by atoms with Gasteiger partial charge in [0.25, 0.3) is 0 Å². The van der Waals surface area contributed by atoms with Crippen LogP contribution in [0.5, 0.6) is 0 Å². The van der Waals surface area contributed by atoms with Gasteiger partial charge in [-0.3, -0.25) is 4.79 Å². The van der Waals surface area contributed by atoms with Crippen LogP contribution >= 0.6 is 0 Å². The zero-order valence-electron chi connectivity index (χ0n) is 12.0. The molecule has 1 saturated heterocycles. The van der Waals surface area contributed by atoms with Crippen LogP contribution in [0.2, 0.25) is 0 Å². The van der Waals surface area contributed by atoms with Gasteiger partial charge in [0.15, 0.2) is 0 Å². The van der Waals surface area contributed by atoms with Gasteiger partial charge in [0.1, 0.15) is 6.61 Å². The average Bonchev–Trinajstić information content (AvgIpc) is 2.79. The Morgan fingerprint density at radius 2 is 1.71 bits per heavy atom. The van der Waals surface area contributed by atoms with E-state index in [4.69, 9.17) is 10.5 Å². The first-order chi connectivity index (χ1) is 10.2. The molecule has 1 aromatic rings. The van der Waals surface area contributed by atoms with Crippen LogP contribution in [0.25, 0.3) is 0 Å². The third kappa shape index (κ3) is 4.46. The molecule has 0 aromatic heterocycles. The van der Waals surface area contributed by atoms with Crippen molar-refractivity contribution in [2.45, 2.75) is 13.0 Å². The lowest BCUT2D eigenvalue weighted by molar-refractivity contribution is -0.129. The lowest BCUT2D eigenvalue weighted by Gasteiger charge is -2.21. The molecule has 2 rings (SSSR count). The van der Waals surface area contributed by atoms with Crippen molar-refractivity contribution in [2.24, 2.45) is 5.73 Å². The third-order valence-electron chi connectivity index (χ3n) is 3.49. The van der Waals surface area contributed by atoms with Gasteiger partial charge < -0.3 is 20.3 Å². The highest BCUT2D eigenvalue weighted by Crippen LogP contribution is 2.07. The van der Waals surface area contributed by atoms with Gasteiger partial charge in [-0.15, -0.1) is 0 Å². The topological polar surface area (TPSA) is 75.9 Å². The molecule has 0 atom stereocenters. The van der Waals surface area contributed by atoms with Gasteiger partial charge in [0, 0.05) is 26.2 Å². The number of carbonyl (C=O) groups is 2. The SMILES string of the molecule is NCC(=O)N1CCCN(C(=O)OCc2ccccc2)CC1. The molecule has 0 saturated carbocycles. The second kappa shape index (κ2) is 7.64. The van der Waals surface area contributed by atoms with Crippen molar-refractivity contribution in [3.8, 4) is 0 Å². The van der Waals surface area contributed by atoms with E-state index in [0.29, 0.717) is 26.2 Å². The molecule has 2 N–H and O–H groups in total. The Labute approximate surface area is 124 Å². The highest BCUT2D eigenvalue weighted by atomic mass is 16.6. The predicted octanol–water partition coefficient (Wildman–Crippen LogP) is 0.816. The highest BCUT2D eigenvalue weighted by Gasteiger charge is 2.22. The van der Waals surface area contributed by atoms with Gasteiger partial charge in [-0.2, -0.15) is 0 Å². The molecule has 1 aliphatic rings. The zero-order chi connectivity index (χ0) is 15.1. The average molecular weight is 291 g/mol. The van der Waals surface area contributed by atoms with E-state index < -0.39 is 0 Å². The summed E-state index contributed by atoms with van der Waals surface area (Å²) in [7, 11) is 0. The van der Waals surface area contributed by atoms with E-state index in [9.17, 15) is 9.59 Å². The summed E-state index contributed by atoms with van der Waals surface area (Å²) in [5, 5.41) is 0. The molecular weight excluding hydrogens is 270 g/mol. The summed E-state index contributed by atoms with van der Waals surface area (Å²) in [5.41, 5.74) is 6.32. The van der Waals surface area contributed by atoms with Crippen molar-refractivity contribution in [3.63, 3.8) is 0 Å². The number of nitrogens with zero attached hydrogens (tertiary/aromatic N) is 2. The van der Waals surface area contributed by atoms with Crippen molar-refractivity contribution < 1.29 is 14.3 Å². The minimum absolute atomic E-state index is 0.0124. The molecule has 0 spiro atoms. The Kier molecular flexibility index (Phi) is 5.57. The highest BCUT2D eigenvalue weighted by molar-refractivity contribution is 5.78. The van der Waals surface area contributed by atoms with Gasteiger partial charge in [-0.1, -0.05) is 30.3 Å². The summed E-state index contributed by atoms with van der Waals surface area (Å²) in [5.74, 6) is -0.0745. The molecule has 21 heavy (non-hydrogen) atoms. The minimum atomic E-state index is -0.332. The largest absolute Gasteiger partial charge is 0.445 e. The van der Waals surface area contributed by atoms with Gasteiger partial charge in [0.05, 0.1) is 6.54 Å². The Morgan fingerprint density at radius 3 is 2.43 bits per heavy atom. The monoisotopic (exact) mass is 291 g/mol. The molecule has 1 aliphatic heterocycles. The second-order valence-electron chi connectivity index (χ2n) is 4.97. The number of hydrogen-bond donors (Lipinski definition) is 1. The maximum absolute atomic E-state index is 12.0. The van der Waals surface area contributed by atoms with E-state index in [-0.39, 0.29) is 25.2 Å². The summed E-state index contributed by atoms with van der Waals surface area (Å²) in [6.07, 6.45) is 0.410. The van der Waals surface area contributed by atoms with E-state index in [1.807, 2.05) is 30.3 Å². The molecule has 0 bridgehead atoms. The fourth-order valence-corrected chi connectivity index (χ4v) is 2.29. The van der Waals surface area contributed by atoms with E-state index in [0.717, 1.165) is 12.0 Å². The fourth-order valence-electron chi connectivity index (χ4n) is 2.29. The van der Waals surface area contributed by atoms with Crippen molar-refractivity contribution in [2.75, 3.05) is 32.7 Å². The summed E-state index contributed by atoms with van der Waals surface area (Å²) < 4.78 is 5.30. The van der Waals surface area contributed by atoms with Crippen molar-refractivity contribution in [1.29, 1.82) is 0 Å². The minimum Gasteiger partial charge on any atom is -0.445 e. The Morgan fingerprint density at radius 1 is 1.05 bits per heavy atom. The van der Waals surface area contributed by atoms with E-state index in [2.05, 4.69) is 0 Å². The summed E-state index contributed by atoms with van der Waals surface area (Å²) in [6, 6.07) is 9.56. The number of amides is 2. The number of benzene rings is 1. The van der Waals surface area contributed by atoms with Crippen LogP contribution in [0.4, 0.5) is 4.79 Å². The maximum Gasteiger partial charge on any atom is 0.410 e. The standard InChI is InChI=1S/C15H21N3O3/c16-11-14(19)17-7-4-8-18(10-9-17)15(20)21-12-13-5-2-1-3-6-13/h1-3,5-6H,4,7-12,16H2. The molecule has 1 fully saturated rings. The predicted molar refractivity (Wildman–Crippen MR) is 78.5 cm³/mol. The number of hydrogen-bond acceptors (Lipinski definition) is 4. The van der Waals surface area contributed by atoms with E-state index in [1.165, 1.54) is 0 Å². The van der Waals surface area contributed by atoms with E-state index >= 15 is 0 Å². The van der Waals surface area contributed by atoms with Crippen LogP contribution < -0.4 is 5.73 Å². The van der Waals surface area contributed by atoms with Gasteiger partial charge in [-0.25, -0.2) is 4.79 Å². The molecule has 114 valence electrons. The number of ether oxygens (including phenoxy) is 1. The first-order valence-electron chi connectivity index (χ1n) is 7.14. The first kappa shape index (κ1) is 15.3. The quantitative estimate of drug-likeness (QED) is 0.894. The van der Waals surface area contributed by atoms with Crippen LogP contribution in [0.3, 0.4) is 0 Å². The Bertz CT molecular complexity index is 478. The lowest BCUT2D eigenvalue weighted by Crippen LogP contribution is -2.40. The van der Waals surface area contributed by atoms with E-state index in [1.54, 1.807) is 9.80 Å². The first-order valence-corrected chi connectivity index (χ1v) is 7.14. The van der Waals surface area contributed by atoms with Gasteiger partial charge in [-0.05, 0) is 12.0 Å². The number of nitrogens with two attached hydrogens (primary N) is 1. The molecule has 1 aromatic carbocycles. The molecule has 0 unspecified atom stereocenters. The summed E-state index contributed by atoms with van der Waals surface area (Å²) in [4.78, 5) is 27.0. The van der Waals surface area contributed by atoms with Crippen molar-refractivity contribution in [3.05, 3.63) is 35.9 Å². The van der Waals surface area contributed by atoms with Gasteiger partial charge in [0.2, 0.25) is 5.91 Å². The van der Waals surface area contributed by atoms with Gasteiger partial charge >= 0.3 is 6.09 Å². The molecule has 2 amide bonds. The van der Waals surface area contributed by atoms with Crippen molar-refractivity contribution >= 4 is 12.0 Å². The van der Waals surface area contributed by atoms with Crippen LogP contribution in [0.1, 0.15) is 12.0 Å². The fraction of sp³-hybridized carbons (Fsp3) is 0.467. The van der Waals surface area contributed by atoms with Crippen LogP contribution in [0, 0.1) is 0 Å². The molecule has 6 nitrogen and oxygen atoms in total. The molecule has 0 radical (unpaired) electrons. The number of rotatable bonds is 3. The van der Waals surface area contributed by atoms with Crippen LogP contribution in [0.15, 0.2) is 30.3 Å². The Hall–Kier alpha value is -2.08. The summed E-state index contributed by atoms with van der Waals surface area (Å²) in [6.45, 7) is 2.51. The molecular formula is C15H21N3O3. The second-order valence-corrected chi connectivity index (χ2v) is 4.97. The lowest BCUT2D eigenvalue weighted by atomic mass is 10.2. The molecule has 6 heteroatoms. The van der Waals surface area contributed by atoms with Crippen LogP contribution in [-0.2, 0) is 16.1 Å². The van der Waals surface area contributed by atoms with Crippen LogP contribution in [-0.4, -0.2) is 54.5 Å². The Balaban J connectivity index is 1.81.